The number of methoxy groups -OCH3 is 2. The first-order valence-electron chi connectivity index (χ1n) is 7.96. The minimum Gasteiger partial charge on any atom is -0.493 e. The summed E-state index contributed by atoms with van der Waals surface area (Å²) in [7, 11) is 3.09. The number of esters is 1. The van der Waals surface area contributed by atoms with Gasteiger partial charge >= 0.3 is 5.97 Å². The number of alkyl halides is 1. The zero-order chi connectivity index (χ0) is 17.5. The summed E-state index contributed by atoms with van der Waals surface area (Å²) in [6.45, 7) is 2.55. The zero-order valence-corrected chi connectivity index (χ0v) is 16.7. The van der Waals surface area contributed by atoms with Crippen molar-refractivity contribution in [3.8, 4) is 11.5 Å². The van der Waals surface area contributed by atoms with Gasteiger partial charge in [-0.1, -0.05) is 22.9 Å². The highest BCUT2D eigenvalue weighted by Gasteiger charge is 2.15. The first-order chi connectivity index (χ1) is 11.6. The highest BCUT2D eigenvalue weighted by atomic mass is 79.9. The summed E-state index contributed by atoms with van der Waals surface area (Å²) in [5.74, 6) is 1.30. The van der Waals surface area contributed by atoms with Crippen LogP contribution in [0, 0.1) is 5.92 Å². The van der Waals surface area contributed by atoms with E-state index in [1.165, 1.54) is 16.7 Å². The van der Waals surface area contributed by atoms with Crippen molar-refractivity contribution >= 4 is 43.3 Å². The van der Waals surface area contributed by atoms with Crippen molar-refractivity contribution < 1.29 is 19.0 Å². The molecule has 0 spiro atoms. The van der Waals surface area contributed by atoms with E-state index in [0.717, 1.165) is 41.5 Å². The third-order valence-corrected chi connectivity index (χ3v) is 5.53. The molecule has 1 aromatic heterocycles. The van der Waals surface area contributed by atoms with E-state index in [4.69, 9.17) is 14.2 Å². The second-order valence-corrected chi connectivity index (χ2v) is 7.57. The van der Waals surface area contributed by atoms with Gasteiger partial charge in [-0.05, 0) is 36.8 Å². The molecule has 0 radical (unpaired) electrons. The quantitative estimate of drug-likeness (QED) is 0.335. The summed E-state index contributed by atoms with van der Waals surface area (Å²) in [5.41, 5.74) is 0. The van der Waals surface area contributed by atoms with Gasteiger partial charge in [0.15, 0.2) is 11.5 Å². The smallest absolute Gasteiger partial charge is 0.308 e. The molecule has 0 unspecified atom stereocenters. The van der Waals surface area contributed by atoms with Crippen molar-refractivity contribution in [3.63, 3.8) is 0 Å². The molecule has 0 saturated heterocycles. The molecule has 0 N–H and O–H groups in total. The minimum atomic E-state index is -0.153. The number of hydrogen-bond donors (Lipinski definition) is 0. The van der Waals surface area contributed by atoms with Gasteiger partial charge in [0, 0.05) is 21.0 Å². The van der Waals surface area contributed by atoms with E-state index in [-0.39, 0.29) is 11.9 Å². The second kappa shape index (κ2) is 9.28. The van der Waals surface area contributed by atoms with Crippen LogP contribution in [0.3, 0.4) is 0 Å². The lowest BCUT2D eigenvalue weighted by molar-refractivity contribution is -0.145. The van der Waals surface area contributed by atoms with Gasteiger partial charge in [-0.15, -0.1) is 11.3 Å². The Bertz CT molecular complexity index is 683. The number of benzene rings is 1. The summed E-state index contributed by atoms with van der Waals surface area (Å²) >= 11 is 5.13. The molecule has 132 valence electrons. The molecule has 4 nitrogen and oxygen atoms in total. The van der Waals surface area contributed by atoms with Gasteiger partial charge in [0.05, 0.1) is 26.7 Å². The molecule has 0 aliphatic rings. The molecule has 0 bridgehead atoms. The summed E-state index contributed by atoms with van der Waals surface area (Å²) in [6.07, 6.45) is 2.59. The number of ether oxygens (including phenoxy) is 3. The number of aryl methyl sites for hydroxylation is 1. The van der Waals surface area contributed by atoms with Gasteiger partial charge in [-0.25, -0.2) is 0 Å². The predicted molar refractivity (Wildman–Crippen MR) is 102 cm³/mol. The number of rotatable bonds is 9. The maximum Gasteiger partial charge on any atom is 0.308 e. The van der Waals surface area contributed by atoms with E-state index >= 15 is 0 Å². The van der Waals surface area contributed by atoms with Crippen molar-refractivity contribution in [1.29, 1.82) is 0 Å². The normalized spacial score (nSPS) is 12.2. The number of halogens is 1. The van der Waals surface area contributed by atoms with Crippen LogP contribution in [-0.4, -0.2) is 32.1 Å². The van der Waals surface area contributed by atoms with Gasteiger partial charge in [-0.3, -0.25) is 4.79 Å². The zero-order valence-electron chi connectivity index (χ0n) is 14.3. The minimum absolute atomic E-state index is 0.0853. The van der Waals surface area contributed by atoms with Crippen LogP contribution in [0.1, 0.15) is 24.6 Å². The molecule has 1 heterocycles. The first kappa shape index (κ1) is 19.1. The van der Waals surface area contributed by atoms with Crippen LogP contribution in [0.25, 0.3) is 10.1 Å². The van der Waals surface area contributed by atoms with Gasteiger partial charge in [0.2, 0.25) is 0 Å². The van der Waals surface area contributed by atoms with E-state index in [1.54, 1.807) is 18.4 Å². The Labute approximate surface area is 155 Å². The molecule has 0 amide bonds. The van der Waals surface area contributed by atoms with Crippen molar-refractivity contribution in [2.75, 3.05) is 26.2 Å². The molecule has 2 rings (SSSR count). The molecule has 1 aromatic carbocycles. The third kappa shape index (κ3) is 4.86. The SMILES string of the molecule is COC(=O)[C@@H](C)CCc1cc2cc(OCCCBr)c(OC)cc2s1. The van der Waals surface area contributed by atoms with Crippen molar-refractivity contribution in [2.24, 2.45) is 5.92 Å². The van der Waals surface area contributed by atoms with Crippen LogP contribution >= 0.6 is 27.3 Å². The third-order valence-electron chi connectivity index (χ3n) is 3.82. The maximum absolute atomic E-state index is 11.5. The second-order valence-electron chi connectivity index (χ2n) is 5.61. The Morgan fingerprint density at radius 1 is 1.25 bits per heavy atom. The van der Waals surface area contributed by atoms with Crippen LogP contribution in [0.4, 0.5) is 0 Å². The average Bonchev–Trinajstić information content (AvgIpc) is 3.00. The fourth-order valence-corrected chi connectivity index (χ4v) is 3.73. The van der Waals surface area contributed by atoms with Crippen LogP contribution in [-0.2, 0) is 16.0 Å². The average molecular weight is 415 g/mol. The fraction of sp³-hybridized carbons (Fsp3) is 0.500. The van der Waals surface area contributed by atoms with Crippen molar-refractivity contribution in [1.82, 2.24) is 0 Å². The number of carbonyl (C=O) groups is 1. The van der Waals surface area contributed by atoms with Crippen LogP contribution in [0.5, 0.6) is 11.5 Å². The summed E-state index contributed by atoms with van der Waals surface area (Å²) < 4.78 is 17.2. The highest BCUT2D eigenvalue weighted by Crippen LogP contribution is 2.37. The highest BCUT2D eigenvalue weighted by molar-refractivity contribution is 9.09. The number of fused-ring (bicyclic) bond motifs is 1. The molecule has 0 aliphatic heterocycles. The Morgan fingerprint density at radius 2 is 2.04 bits per heavy atom. The standard InChI is InChI=1S/C18H23BrO4S/c1-12(18(20)22-3)5-6-14-9-13-10-16(23-8-4-7-19)15(21-2)11-17(13)24-14/h9-12H,4-8H2,1-3H3/t12-/m0/s1. The van der Waals surface area contributed by atoms with E-state index in [1.807, 2.05) is 19.1 Å². The van der Waals surface area contributed by atoms with E-state index < -0.39 is 0 Å². The largest absolute Gasteiger partial charge is 0.493 e. The first-order valence-corrected chi connectivity index (χ1v) is 9.90. The topological polar surface area (TPSA) is 44.8 Å². The Kier molecular flexibility index (Phi) is 7.37. The monoisotopic (exact) mass is 414 g/mol. The van der Waals surface area contributed by atoms with Crippen LogP contribution in [0.15, 0.2) is 18.2 Å². The molecule has 24 heavy (non-hydrogen) atoms. The number of carbonyl (C=O) groups excluding carboxylic acids is 1. The van der Waals surface area contributed by atoms with Gasteiger partial charge in [0.25, 0.3) is 0 Å². The number of hydrogen-bond acceptors (Lipinski definition) is 5. The van der Waals surface area contributed by atoms with E-state index in [9.17, 15) is 4.79 Å². The van der Waals surface area contributed by atoms with Crippen LogP contribution in [0.2, 0.25) is 0 Å². The molecule has 1 atom stereocenters. The molecular weight excluding hydrogens is 392 g/mol. The van der Waals surface area contributed by atoms with Gasteiger partial charge in [0.1, 0.15) is 0 Å². The lowest BCUT2D eigenvalue weighted by atomic mass is 10.1. The molecule has 0 aliphatic carbocycles. The lowest BCUT2D eigenvalue weighted by Gasteiger charge is -2.10. The predicted octanol–water partition coefficient (Wildman–Crippen LogP) is 4.82. The summed E-state index contributed by atoms with van der Waals surface area (Å²) in [6, 6.07) is 6.23. The number of thiophene rings is 1. The summed E-state index contributed by atoms with van der Waals surface area (Å²) in [5, 5.41) is 2.06. The molecule has 0 fully saturated rings. The van der Waals surface area contributed by atoms with Crippen molar-refractivity contribution in [2.45, 2.75) is 26.2 Å². The maximum atomic E-state index is 11.5. The lowest BCUT2D eigenvalue weighted by Crippen LogP contribution is -2.13. The molecule has 0 saturated carbocycles. The summed E-state index contributed by atoms with van der Waals surface area (Å²) in [4.78, 5) is 12.8. The van der Waals surface area contributed by atoms with Crippen LogP contribution < -0.4 is 9.47 Å². The van der Waals surface area contributed by atoms with E-state index in [0.29, 0.717) is 6.61 Å². The van der Waals surface area contributed by atoms with Crippen molar-refractivity contribution in [3.05, 3.63) is 23.1 Å². The van der Waals surface area contributed by atoms with Gasteiger partial charge < -0.3 is 14.2 Å². The molecule has 2 aromatic rings. The Hall–Kier alpha value is -1.27. The van der Waals surface area contributed by atoms with Gasteiger partial charge in [-0.2, -0.15) is 0 Å². The van der Waals surface area contributed by atoms with E-state index in [2.05, 4.69) is 22.0 Å². The Balaban J connectivity index is 2.13. The Morgan fingerprint density at radius 3 is 2.71 bits per heavy atom. The fourth-order valence-electron chi connectivity index (χ4n) is 2.41. The molecular formula is C18H23BrO4S. The molecule has 6 heteroatoms.